The number of nitrogen functional groups attached to an aromatic ring is 1. The number of aromatic amines is 1. The van der Waals surface area contributed by atoms with Crippen molar-refractivity contribution < 1.29 is 27.0 Å². The van der Waals surface area contributed by atoms with Crippen LogP contribution in [0, 0.1) is 17.5 Å². The van der Waals surface area contributed by atoms with Gasteiger partial charge in [0.1, 0.15) is 59.3 Å². The van der Waals surface area contributed by atoms with Crippen LogP contribution in [-0.2, 0) is 0 Å². The second-order valence-corrected chi connectivity index (χ2v) is 14.1. The molecule has 2 saturated heterocycles. The number of H-pyrrole nitrogens is 1. The first kappa shape index (κ1) is 31.2. The first-order valence-corrected chi connectivity index (χ1v) is 17.0. The van der Waals surface area contributed by atoms with Crippen molar-refractivity contribution >= 4 is 33.4 Å². The van der Waals surface area contributed by atoms with E-state index < -0.39 is 41.2 Å². The number of halogens is 4. The van der Waals surface area contributed by atoms with Gasteiger partial charge in [-0.15, -0.1) is 0 Å². The number of hydrogen-bond donors (Lipinski definition) is 2. The second kappa shape index (κ2) is 11.4. The number of rotatable bonds is 7. The molecule has 0 radical (unpaired) electrons. The maximum Gasteiger partial charge on any atom is 0.319 e. The molecule has 4 aromatic heterocycles. The van der Waals surface area contributed by atoms with Crippen LogP contribution in [0.2, 0.25) is 0 Å². The lowest BCUT2D eigenvalue weighted by Gasteiger charge is -2.35. The molecular weight excluding hydrogens is 654 g/mol. The van der Waals surface area contributed by atoms with Gasteiger partial charge in [0, 0.05) is 35.0 Å². The van der Waals surface area contributed by atoms with Crippen LogP contribution in [-0.4, -0.2) is 79.1 Å². The van der Waals surface area contributed by atoms with E-state index in [0.717, 1.165) is 38.4 Å². The van der Waals surface area contributed by atoms with Crippen molar-refractivity contribution in [2.24, 2.45) is 0 Å². The number of benzene rings is 1. The van der Waals surface area contributed by atoms with Gasteiger partial charge in [0.05, 0.1) is 35.5 Å². The smallest absolute Gasteiger partial charge is 0.319 e. The summed E-state index contributed by atoms with van der Waals surface area (Å²) in [5.74, 6) is -1.52. The third-order valence-electron chi connectivity index (χ3n) is 10.9. The summed E-state index contributed by atoms with van der Waals surface area (Å²) in [5.41, 5.74) is 6.93. The van der Waals surface area contributed by atoms with Crippen LogP contribution in [0.3, 0.4) is 0 Å². The average molecular weight is 690 g/mol. The zero-order valence-corrected chi connectivity index (χ0v) is 27.5. The maximum absolute atomic E-state index is 17.3. The summed E-state index contributed by atoms with van der Waals surface area (Å²) in [4.78, 5) is 22.2. The van der Waals surface area contributed by atoms with Gasteiger partial charge in [0.15, 0.2) is 5.82 Å². The summed E-state index contributed by atoms with van der Waals surface area (Å²) >= 11 is 0. The van der Waals surface area contributed by atoms with E-state index in [1.54, 1.807) is 0 Å². The first-order valence-electron chi connectivity index (χ1n) is 17.0. The van der Waals surface area contributed by atoms with Crippen LogP contribution < -0.4 is 20.1 Å². The van der Waals surface area contributed by atoms with E-state index in [4.69, 9.17) is 25.2 Å². The number of anilines is 2. The number of pyridine rings is 2. The lowest BCUT2D eigenvalue weighted by molar-refractivity contribution is 0.107. The molecule has 260 valence electrons. The van der Waals surface area contributed by atoms with Gasteiger partial charge in [-0.3, -0.25) is 10.00 Å². The predicted octanol–water partition coefficient (Wildman–Crippen LogP) is 6.14. The molecule has 0 bridgehead atoms. The van der Waals surface area contributed by atoms with Crippen LogP contribution >= 0.6 is 0 Å². The Bertz CT molecular complexity index is 2180. The summed E-state index contributed by atoms with van der Waals surface area (Å²) < 4.78 is 74.7. The third-order valence-corrected chi connectivity index (χ3v) is 10.9. The van der Waals surface area contributed by atoms with Crippen molar-refractivity contribution in [2.75, 3.05) is 36.9 Å². The van der Waals surface area contributed by atoms with E-state index in [1.165, 1.54) is 18.3 Å². The van der Waals surface area contributed by atoms with Crippen molar-refractivity contribution in [3.05, 3.63) is 53.1 Å². The molecule has 15 heteroatoms. The fourth-order valence-electron chi connectivity index (χ4n) is 8.38. The molecule has 0 amide bonds. The normalized spacial score (nSPS) is 24.1. The van der Waals surface area contributed by atoms with Gasteiger partial charge in [0.25, 0.3) is 0 Å². The van der Waals surface area contributed by atoms with Gasteiger partial charge < -0.3 is 20.1 Å². The Morgan fingerprint density at radius 1 is 1.16 bits per heavy atom. The highest BCUT2D eigenvalue weighted by molar-refractivity contribution is 6.01. The molecule has 0 spiro atoms. The molecule has 11 nitrogen and oxygen atoms in total. The summed E-state index contributed by atoms with van der Waals surface area (Å²) in [7, 11) is 0. The highest BCUT2D eigenvalue weighted by Crippen LogP contribution is 2.50. The highest BCUT2D eigenvalue weighted by Gasteiger charge is 2.49. The number of nitrogens with two attached hydrogens (primary N) is 1. The molecule has 1 aromatic carbocycles. The maximum atomic E-state index is 17.3. The molecule has 3 N–H and O–H groups in total. The quantitative estimate of drug-likeness (QED) is 0.192. The molecule has 3 fully saturated rings. The molecular formula is C35H35F4N9O2. The monoisotopic (exact) mass is 689 g/mol. The molecule has 7 heterocycles. The Hall–Kier alpha value is -4.79. The number of alkyl halides is 1. The van der Waals surface area contributed by atoms with Crippen molar-refractivity contribution in [1.82, 2.24) is 35.0 Å². The van der Waals surface area contributed by atoms with Crippen LogP contribution in [0.4, 0.5) is 29.2 Å². The van der Waals surface area contributed by atoms with Crippen molar-refractivity contribution in [3.63, 3.8) is 0 Å². The molecule has 9 rings (SSSR count). The Labute approximate surface area is 284 Å². The molecule has 1 saturated carbocycles. The minimum absolute atomic E-state index is 0.0594. The summed E-state index contributed by atoms with van der Waals surface area (Å²) in [6, 6.07) is 1.54. The van der Waals surface area contributed by atoms with Crippen molar-refractivity contribution in [3.8, 4) is 23.1 Å². The fourth-order valence-corrected chi connectivity index (χ4v) is 8.38. The Morgan fingerprint density at radius 3 is 2.82 bits per heavy atom. The van der Waals surface area contributed by atoms with E-state index in [-0.39, 0.29) is 59.3 Å². The number of ether oxygens (including phenoxy) is 2. The predicted molar refractivity (Wildman–Crippen MR) is 177 cm³/mol. The SMILES string of the molecule is C[C@H](c1cc(F)cnc1N)N1c2nc(OC[C@@]34CCCN3C[C@H](F)C4)nc3c(F)c(-c4c(C5CC5)c(F)cc5[nH]ncc45)nc(c23)OC[C@@H]1C. The second-order valence-electron chi connectivity index (χ2n) is 14.1. The van der Waals surface area contributed by atoms with E-state index >= 15 is 8.78 Å². The number of fused-ring (bicyclic) bond motifs is 2. The molecule has 0 unspecified atom stereocenters. The van der Waals surface area contributed by atoms with Crippen LogP contribution in [0.1, 0.15) is 69.0 Å². The Balaban J connectivity index is 1.26. The van der Waals surface area contributed by atoms with Gasteiger partial charge >= 0.3 is 6.01 Å². The minimum Gasteiger partial charge on any atom is -0.475 e. The Morgan fingerprint density at radius 2 is 2.00 bits per heavy atom. The van der Waals surface area contributed by atoms with Crippen molar-refractivity contribution in [1.29, 1.82) is 0 Å². The van der Waals surface area contributed by atoms with E-state index in [1.807, 2.05) is 18.7 Å². The number of aromatic nitrogens is 6. The van der Waals surface area contributed by atoms with Gasteiger partial charge in [-0.25, -0.2) is 27.5 Å². The zero-order valence-electron chi connectivity index (χ0n) is 27.5. The highest BCUT2D eigenvalue weighted by atomic mass is 19.1. The lowest BCUT2D eigenvalue weighted by Crippen LogP contribution is -2.43. The van der Waals surface area contributed by atoms with Gasteiger partial charge in [0.2, 0.25) is 5.88 Å². The molecule has 4 aliphatic rings. The van der Waals surface area contributed by atoms with Gasteiger partial charge in [-0.1, -0.05) is 0 Å². The van der Waals surface area contributed by atoms with Crippen molar-refractivity contribution in [2.45, 2.75) is 75.7 Å². The van der Waals surface area contributed by atoms with Crippen LogP contribution in [0.5, 0.6) is 11.9 Å². The number of nitrogens with zero attached hydrogens (tertiary/aromatic N) is 7. The molecule has 50 heavy (non-hydrogen) atoms. The lowest BCUT2D eigenvalue weighted by atomic mass is 9.95. The molecule has 1 aliphatic carbocycles. The van der Waals surface area contributed by atoms with E-state index in [9.17, 15) is 8.78 Å². The topological polar surface area (TPSA) is 131 Å². The zero-order chi connectivity index (χ0) is 34.5. The first-order chi connectivity index (χ1) is 24.1. The summed E-state index contributed by atoms with van der Waals surface area (Å²) in [6.45, 7) is 5.01. The largest absolute Gasteiger partial charge is 0.475 e. The fraction of sp³-hybridized carbons (Fsp3) is 0.457. The van der Waals surface area contributed by atoms with Gasteiger partial charge in [-0.2, -0.15) is 15.1 Å². The summed E-state index contributed by atoms with van der Waals surface area (Å²) in [6.07, 6.45) is 5.12. The Kier molecular flexibility index (Phi) is 7.10. The molecule has 5 aromatic rings. The van der Waals surface area contributed by atoms with E-state index in [2.05, 4.69) is 25.1 Å². The number of nitrogens with one attached hydrogen (secondary N) is 1. The third kappa shape index (κ3) is 4.83. The van der Waals surface area contributed by atoms with E-state index in [0.29, 0.717) is 40.6 Å². The minimum atomic E-state index is -0.971. The van der Waals surface area contributed by atoms with Gasteiger partial charge in [-0.05, 0) is 64.1 Å². The van der Waals surface area contributed by atoms with Crippen LogP contribution in [0.25, 0.3) is 33.1 Å². The van der Waals surface area contributed by atoms with Crippen LogP contribution in [0.15, 0.2) is 24.5 Å². The molecule has 4 atom stereocenters. The average Bonchev–Trinajstić information content (AvgIpc) is 3.60. The molecule has 3 aliphatic heterocycles. The summed E-state index contributed by atoms with van der Waals surface area (Å²) in [5, 5.41) is 7.61. The number of hydrogen-bond acceptors (Lipinski definition) is 10. The standard InChI is InChI=1S/C35H35F4N9O2/c1-16-14-49-33-27-30(28(39)29(43-33)26-22-12-42-46-24(22)9-23(38)25(26)18-4-5-18)44-34(50-15-35-6-3-7-47(35)13-20(37)10-35)45-32(27)48(16)17(2)21-8-19(36)11-41-31(21)40/h8-9,11-12,16-18,20H,3-7,10,13-15H2,1-2H3,(H2,40,41)(H,42,46)/t16-,17+,20+,35-/m0/s1.